The maximum absolute atomic E-state index is 11.2. The largest absolute Gasteiger partial charge is 0.480 e. The van der Waals surface area contributed by atoms with Gasteiger partial charge in [0.25, 0.3) is 0 Å². The van der Waals surface area contributed by atoms with Crippen LogP contribution >= 0.6 is 0 Å². The fourth-order valence-corrected chi connectivity index (χ4v) is 2.14. The van der Waals surface area contributed by atoms with Crippen LogP contribution in [0.5, 0.6) is 0 Å². The molecule has 6 heteroatoms. The van der Waals surface area contributed by atoms with Gasteiger partial charge >= 0.3 is 5.97 Å². The lowest BCUT2D eigenvalue weighted by Crippen LogP contribution is -2.33. The normalized spacial score (nSPS) is 17.3. The van der Waals surface area contributed by atoms with Crippen molar-refractivity contribution >= 4 is 17.6 Å². The molecule has 0 radical (unpaired) electrons. The molecule has 102 valence electrons. The van der Waals surface area contributed by atoms with E-state index >= 15 is 0 Å². The van der Waals surface area contributed by atoms with E-state index in [-0.39, 0.29) is 12.3 Å². The molecule has 0 fully saturated rings. The Morgan fingerprint density at radius 3 is 2.79 bits per heavy atom. The molecule has 1 aromatic rings. The lowest BCUT2D eigenvalue weighted by atomic mass is 9.95. The van der Waals surface area contributed by atoms with Crippen molar-refractivity contribution in [1.29, 1.82) is 0 Å². The van der Waals surface area contributed by atoms with Gasteiger partial charge in [0.05, 0.1) is 0 Å². The molecule has 6 N–H and O–H groups in total. The van der Waals surface area contributed by atoms with E-state index in [1.807, 2.05) is 6.07 Å². The highest BCUT2D eigenvalue weighted by atomic mass is 16.4. The number of hydrogen-bond acceptors (Lipinski definition) is 4. The van der Waals surface area contributed by atoms with E-state index in [1.165, 1.54) is 0 Å². The number of carbonyl (C=O) groups excluding carboxylic acids is 1. The maximum Gasteiger partial charge on any atom is 0.320 e. The number of aryl methyl sites for hydroxylation is 1. The molecule has 1 heterocycles. The quantitative estimate of drug-likeness (QED) is 0.626. The summed E-state index contributed by atoms with van der Waals surface area (Å²) in [5, 5.41) is 11.6. The molecule has 19 heavy (non-hydrogen) atoms. The number of aliphatic carboxylic acids is 1. The molecule has 0 aromatic heterocycles. The summed E-state index contributed by atoms with van der Waals surface area (Å²) < 4.78 is 0. The Balaban J connectivity index is 2.13. The molecule has 2 atom stereocenters. The molecule has 1 amide bonds. The zero-order chi connectivity index (χ0) is 14.0. The summed E-state index contributed by atoms with van der Waals surface area (Å²) >= 11 is 0. The molecule has 1 aromatic carbocycles. The molecule has 0 spiro atoms. The number of nitrogens with one attached hydrogen (secondary N) is 1. The van der Waals surface area contributed by atoms with Gasteiger partial charge in [-0.25, -0.2) is 0 Å². The van der Waals surface area contributed by atoms with Gasteiger partial charge in [-0.1, -0.05) is 12.1 Å². The number of rotatable bonds is 4. The minimum Gasteiger partial charge on any atom is -0.480 e. The lowest BCUT2D eigenvalue weighted by Gasteiger charge is -2.20. The highest BCUT2D eigenvalue weighted by Crippen LogP contribution is 2.26. The summed E-state index contributed by atoms with van der Waals surface area (Å²) in [5.41, 5.74) is 14.1. The third-order valence-electron chi connectivity index (χ3n) is 3.28. The minimum absolute atomic E-state index is 0.0115. The van der Waals surface area contributed by atoms with Crippen LogP contribution in [0.15, 0.2) is 18.2 Å². The summed E-state index contributed by atoms with van der Waals surface area (Å²) in [6.45, 7) is 0. The number of carboxylic acids is 1. The molecular weight excluding hydrogens is 246 g/mol. The van der Waals surface area contributed by atoms with E-state index in [2.05, 4.69) is 5.32 Å². The van der Waals surface area contributed by atoms with Crippen molar-refractivity contribution in [3.63, 3.8) is 0 Å². The van der Waals surface area contributed by atoms with Crippen molar-refractivity contribution in [3.05, 3.63) is 29.3 Å². The van der Waals surface area contributed by atoms with Gasteiger partial charge in [-0.05, 0) is 30.0 Å². The monoisotopic (exact) mass is 263 g/mol. The van der Waals surface area contributed by atoms with E-state index in [1.54, 1.807) is 12.1 Å². The lowest BCUT2D eigenvalue weighted by molar-refractivity contribution is -0.138. The van der Waals surface area contributed by atoms with Crippen LogP contribution in [0.4, 0.5) is 5.69 Å². The van der Waals surface area contributed by atoms with E-state index in [0.29, 0.717) is 12.8 Å². The van der Waals surface area contributed by atoms with Gasteiger partial charge in [0.1, 0.15) is 6.04 Å². The Bertz CT molecular complexity index is 516. The van der Waals surface area contributed by atoms with Crippen molar-refractivity contribution in [3.8, 4) is 0 Å². The standard InChI is InChI=1S/C13H17N3O3/c14-9(6-10(15)13(18)19)7-1-3-11-8(5-7)2-4-12(17)16-11/h1,3,5,9-10H,2,4,6,14-15H2,(H,16,17)(H,18,19). The fraction of sp³-hybridized carbons (Fsp3) is 0.385. The molecule has 0 saturated heterocycles. The predicted octanol–water partition coefficient (Wildman–Crippen LogP) is 0.373. The van der Waals surface area contributed by atoms with Gasteiger partial charge in [0.15, 0.2) is 0 Å². The van der Waals surface area contributed by atoms with Crippen LogP contribution in [0.25, 0.3) is 0 Å². The molecule has 1 aliphatic heterocycles. The summed E-state index contributed by atoms with van der Waals surface area (Å²) in [6, 6.07) is 4.12. The second-order valence-electron chi connectivity index (χ2n) is 4.75. The third kappa shape index (κ3) is 3.10. The van der Waals surface area contributed by atoms with Crippen molar-refractivity contribution in [1.82, 2.24) is 0 Å². The Labute approximate surface area is 110 Å². The van der Waals surface area contributed by atoms with Crippen molar-refractivity contribution in [2.24, 2.45) is 11.5 Å². The summed E-state index contributed by atoms with van der Waals surface area (Å²) in [5.74, 6) is -1.04. The van der Waals surface area contributed by atoms with Crippen LogP contribution < -0.4 is 16.8 Å². The maximum atomic E-state index is 11.2. The number of carboxylic acid groups (broad SMARTS) is 1. The summed E-state index contributed by atoms with van der Waals surface area (Å²) in [4.78, 5) is 22.0. The summed E-state index contributed by atoms with van der Waals surface area (Å²) in [7, 11) is 0. The van der Waals surface area contributed by atoms with E-state index < -0.39 is 18.1 Å². The van der Waals surface area contributed by atoms with Gasteiger partial charge in [-0.15, -0.1) is 0 Å². The Hall–Kier alpha value is -1.92. The topological polar surface area (TPSA) is 118 Å². The molecule has 0 bridgehead atoms. The molecule has 0 saturated carbocycles. The predicted molar refractivity (Wildman–Crippen MR) is 70.5 cm³/mol. The Kier molecular flexibility index (Phi) is 3.82. The van der Waals surface area contributed by atoms with Gasteiger partial charge < -0.3 is 21.9 Å². The van der Waals surface area contributed by atoms with Crippen LogP contribution in [0.2, 0.25) is 0 Å². The van der Waals surface area contributed by atoms with Crippen molar-refractivity contribution in [2.45, 2.75) is 31.3 Å². The highest BCUT2D eigenvalue weighted by Gasteiger charge is 2.20. The van der Waals surface area contributed by atoms with E-state index in [0.717, 1.165) is 16.8 Å². The number of hydrogen-bond donors (Lipinski definition) is 4. The zero-order valence-electron chi connectivity index (χ0n) is 10.4. The number of nitrogens with two attached hydrogens (primary N) is 2. The first-order valence-electron chi connectivity index (χ1n) is 6.14. The second-order valence-corrected chi connectivity index (χ2v) is 4.75. The van der Waals surface area contributed by atoms with Crippen LogP contribution in [0.3, 0.4) is 0 Å². The SMILES string of the molecule is NC(CC(N)c1ccc2c(c1)CCC(=O)N2)C(=O)O. The average Bonchev–Trinajstić information content (AvgIpc) is 2.37. The first kappa shape index (κ1) is 13.5. The number of fused-ring (bicyclic) bond motifs is 1. The molecular formula is C13H17N3O3. The molecule has 2 unspecified atom stereocenters. The van der Waals surface area contributed by atoms with Crippen LogP contribution in [-0.2, 0) is 16.0 Å². The van der Waals surface area contributed by atoms with Crippen LogP contribution in [-0.4, -0.2) is 23.0 Å². The fourth-order valence-electron chi connectivity index (χ4n) is 2.14. The van der Waals surface area contributed by atoms with Crippen LogP contribution in [0, 0.1) is 0 Å². The number of anilines is 1. The smallest absolute Gasteiger partial charge is 0.320 e. The van der Waals surface area contributed by atoms with Gasteiger partial charge in [-0.2, -0.15) is 0 Å². The molecule has 6 nitrogen and oxygen atoms in total. The first-order chi connectivity index (χ1) is 8.97. The number of amides is 1. The van der Waals surface area contributed by atoms with E-state index in [9.17, 15) is 9.59 Å². The van der Waals surface area contributed by atoms with Gasteiger partial charge in [-0.3, -0.25) is 9.59 Å². The molecule has 0 aliphatic carbocycles. The average molecular weight is 263 g/mol. The third-order valence-corrected chi connectivity index (χ3v) is 3.28. The second kappa shape index (κ2) is 5.38. The zero-order valence-corrected chi connectivity index (χ0v) is 10.4. The molecule has 2 rings (SSSR count). The van der Waals surface area contributed by atoms with Gasteiger partial charge in [0.2, 0.25) is 5.91 Å². The van der Waals surface area contributed by atoms with Crippen molar-refractivity contribution < 1.29 is 14.7 Å². The van der Waals surface area contributed by atoms with E-state index in [4.69, 9.17) is 16.6 Å². The number of carbonyl (C=O) groups is 2. The Morgan fingerprint density at radius 2 is 2.11 bits per heavy atom. The highest BCUT2D eigenvalue weighted by molar-refractivity contribution is 5.93. The summed E-state index contributed by atoms with van der Waals surface area (Å²) in [6.07, 6.45) is 1.31. The molecule has 1 aliphatic rings. The first-order valence-corrected chi connectivity index (χ1v) is 6.14. The minimum atomic E-state index is -1.05. The van der Waals surface area contributed by atoms with Gasteiger partial charge in [0, 0.05) is 18.2 Å². The Morgan fingerprint density at radius 1 is 1.37 bits per heavy atom. The number of benzene rings is 1. The van der Waals surface area contributed by atoms with Crippen molar-refractivity contribution in [2.75, 3.05) is 5.32 Å². The van der Waals surface area contributed by atoms with Crippen LogP contribution in [0.1, 0.15) is 30.0 Å².